The van der Waals surface area contributed by atoms with Crippen LogP contribution in [0, 0.1) is 0 Å². The van der Waals surface area contributed by atoms with Crippen LogP contribution in [0.2, 0.25) is 0 Å². The molecule has 0 saturated carbocycles. The quantitative estimate of drug-likeness (QED) is 0.425. The van der Waals surface area contributed by atoms with Gasteiger partial charge in [-0.2, -0.15) is 0 Å². The van der Waals surface area contributed by atoms with Gasteiger partial charge in [0.2, 0.25) is 0 Å². The zero-order chi connectivity index (χ0) is 24.2. The van der Waals surface area contributed by atoms with Gasteiger partial charge in [0.25, 0.3) is 0 Å². The van der Waals surface area contributed by atoms with Gasteiger partial charge in [-0.1, -0.05) is 60.7 Å². The van der Waals surface area contributed by atoms with E-state index in [1.807, 2.05) is 18.2 Å². The summed E-state index contributed by atoms with van der Waals surface area (Å²) in [5.74, 6) is 0.916. The zero-order valence-electron chi connectivity index (χ0n) is 20.9. The second-order valence-electron chi connectivity index (χ2n) is 9.95. The van der Waals surface area contributed by atoms with Crippen LogP contribution in [0.1, 0.15) is 5.56 Å². The van der Waals surface area contributed by atoms with Crippen LogP contribution in [-0.4, -0.2) is 90.2 Å². The van der Waals surface area contributed by atoms with Gasteiger partial charge in [-0.05, 0) is 28.8 Å². The fourth-order valence-corrected chi connectivity index (χ4v) is 5.25. The summed E-state index contributed by atoms with van der Waals surface area (Å²) in [6.07, 6.45) is 0. The fraction of sp³-hybridized carbons (Fsp3) is 0.367. The van der Waals surface area contributed by atoms with Gasteiger partial charge in [0.05, 0.1) is 24.2 Å². The molecular formula is C30H35N5O. The van der Waals surface area contributed by atoms with Crippen LogP contribution in [0.25, 0.3) is 33.5 Å². The predicted octanol–water partition coefficient (Wildman–Crippen LogP) is 4.35. The molecule has 4 aromatic rings. The zero-order valence-corrected chi connectivity index (χ0v) is 20.9. The highest BCUT2D eigenvalue weighted by Gasteiger charge is 2.18. The first-order valence-corrected chi connectivity index (χ1v) is 13.2. The van der Waals surface area contributed by atoms with Crippen LogP contribution in [0.4, 0.5) is 0 Å². The maximum atomic E-state index is 5.46. The van der Waals surface area contributed by atoms with E-state index in [-0.39, 0.29) is 0 Å². The van der Waals surface area contributed by atoms with E-state index in [2.05, 4.69) is 74.3 Å². The molecule has 0 unspecified atom stereocenters. The van der Waals surface area contributed by atoms with Crippen molar-refractivity contribution in [3.8, 4) is 22.5 Å². The number of ether oxygens (including phenoxy) is 1. The Balaban J connectivity index is 1.01. The number of rotatable bonds is 7. The Morgan fingerprint density at radius 1 is 0.639 bits per heavy atom. The smallest absolute Gasteiger partial charge is 0.138 e. The summed E-state index contributed by atoms with van der Waals surface area (Å²) in [6.45, 7) is 12.0. The third kappa shape index (κ3) is 5.52. The number of hydrogen-bond acceptors (Lipinski definition) is 5. The Kier molecular flexibility index (Phi) is 7.10. The van der Waals surface area contributed by atoms with Gasteiger partial charge in [-0.15, -0.1) is 0 Å². The molecule has 2 aliphatic heterocycles. The largest absolute Gasteiger partial charge is 0.379 e. The van der Waals surface area contributed by atoms with Crippen LogP contribution in [0.15, 0.2) is 72.8 Å². The maximum Gasteiger partial charge on any atom is 0.138 e. The Bertz CT molecular complexity index is 1220. The normalized spacial score (nSPS) is 18.1. The summed E-state index contributed by atoms with van der Waals surface area (Å²) in [7, 11) is 0. The molecule has 6 rings (SSSR count). The van der Waals surface area contributed by atoms with Gasteiger partial charge >= 0.3 is 0 Å². The van der Waals surface area contributed by atoms with E-state index in [0.717, 1.165) is 68.4 Å². The van der Waals surface area contributed by atoms with Crippen molar-refractivity contribution in [2.45, 2.75) is 6.54 Å². The van der Waals surface area contributed by atoms with Gasteiger partial charge in [0.15, 0.2) is 0 Å². The van der Waals surface area contributed by atoms with Gasteiger partial charge in [0, 0.05) is 64.5 Å². The Morgan fingerprint density at radius 3 is 1.92 bits per heavy atom. The molecule has 186 valence electrons. The molecular weight excluding hydrogens is 446 g/mol. The highest BCUT2D eigenvalue weighted by atomic mass is 16.5. The summed E-state index contributed by atoms with van der Waals surface area (Å²) in [5.41, 5.74) is 7.05. The number of morpholine rings is 1. The lowest BCUT2D eigenvalue weighted by atomic mass is 10.0. The van der Waals surface area contributed by atoms with Crippen LogP contribution >= 0.6 is 0 Å². The molecule has 2 fully saturated rings. The lowest BCUT2D eigenvalue weighted by Crippen LogP contribution is -2.49. The molecule has 1 N–H and O–H groups in total. The molecule has 3 aromatic carbocycles. The van der Waals surface area contributed by atoms with Crippen molar-refractivity contribution in [3.05, 3.63) is 78.4 Å². The monoisotopic (exact) mass is 481 g/mol. The van der Waals surface area contributed by atoms with E-state index in [1.54, 1.807) is 0 Å². The summed E-state index contributed by atoms with van der Waals surface area (Å²) in [6, 6.07) is 25.9. The van der Waals surface area contributed by atoms with Crippen molar-refractivity contribution >= 4 is 11.0 Å². The summed E-state index contributed by atoms with van der Waals surface area (Å²) >= 11 is 0. The molecule has 2 saturated heterocycles. The van der Waals surface area contributed by atoms with Crippen molar-refractivity contribution in [2.75, 3.05) is 65.6 Å². The molecule has 36 heavy (non-hydrogen) atoms. The van der Waals surface area contributed by atoms with Crippen LogP contribution in [0.5, 0.6) is 0 Å². The van der Waals surface area contributed by atoms with Gasteiger partial charge in [-0.25, -0.2) is 4.98 Å². The average molecular weight is 482 g/mol. The number of fused-ring (bicyclic) bond motifs is 1. The summed E-state index contributed by atoms with van der Waals surface area (Å²) in [5, 5.41) is 0. The first-order chi connectivity index (χ1) is 17.8. The van der Waals surface area contributed by atoms with E-state index >= 15 is 0 Å². The van der Waals surface area contributed by atoms with Crippen molar-refractivity contribution in [1.82, 2.24) is 24.7 Å². The van der Waals surface area contributed by atoms with E-state index < -0.39 is 0 Å². The lowest BCUT2D eigenvalue weighted by molar-refractivity contribution is 0.0297. The topological polar surface area (TPSA) is 47.6 Å². The Labute approximate surface area is 213 Å². The second-order valence-corrected chi connectivity index (χ2v) is 9.95. The molecule has 6 heteroatoms. The Hall–Kier alpha value is -3.03. The first-order valence-electron chi connectivity index (χ1n) is 13.2. The van der Waals surface area contributed by atoms with E-state index in [4.69, 9.17) is 9.72 Å². The van der Waals surface area contributed by atoms with Gasteiger partial charge in [-0.3, -0.25) is 14.7 Å². The number of nitrogens with zero attached hydrogens (tertiary/aromatic N) is 4. The minimum atomic E-state index is 0.889. The maximum absolute atomic E-state index is 5.46. The number of aromatic nitrogens is 2. The molecule has 6 nitrogen and oxygen atoms in total. The van der Waals surface area contributed by atoms with Crippen LogP contribution < -0.4 is 0 Å². The molecule has 3 heterocycles. The number of hydrogen-bond donors (Lipinski definition) is 1. The van der Waals surface area contributed by atoms with Crippen molar-refractivity contribution in [2.24, 2.45) is 0 Å². The number of piperazine rings is 1. The minimum absolute atomic E-state index is 0.889. The highest BCUT2D eigenvalue weighted by Crippen LogP contribution is 2.25. The fourth-order valence-electron chi connectivity index (χ4n) is 5.25. The molecule has 0 atom stereocenters. The molecule has 0 amide bonds. The van der Waals surface area contributed by atoms with Crippen molar-refractivity contribution < 1.29 is 4.74 Å². The van der Waals surface area contributed by atoms with Crippen molar-refractivity contribution in [1.29, 1.82) is 0 Å². The Morgan fingerprint density at radius 2 is 1.22 bits per heavy atom. The number of nitrogens with one attached hydrogen (secondary N) is 1. The van der Waals surface area contributed by atoms with Gasteiger partial charge < -0.3 is 9.72 Å². The SMILES string of the molecule is c1ccc2[nH]c(-c3ccc(-c4ccc(CN5CCN(CCN6CCOCC6)CC5)cc4)cc3)nc2c1. The summed E-state index contributed by atoms with van der Waals surface area (Å²) in [4.78, 5) is 15.9. The second kappa shape index (κ2) is 10.9. The van der Waals surface area contributed by atoms with E-state index in [9.17, 15) is 0 Å². The number of aromatic amines is 1. The van der Waals surface area contributed by atoms with Crippen LogP contribution in [-0.2, 0) is 11.3 Å². The number of para-hydroxylation sites is 2. The van der Waals surface area contributed by atoms with Gasteiger partial charge in [0.1, 0.15) is 5.82 Å². The molecule has 0 aliphatic carbocycles. The van der Waals surface area contributed by atoms with E-state index in [1.165, 1.54) is 42.9 Å². The molecule has 1 aromatic heterocycles. The highest BCUT2D eigenvalue weighted by molar-refractivity contribution is 5.79. The lowest BCUT2D eigenvalue weighted by Gasteiger charge is -2.36. The standard InChI is InChI=1S/C30H35N5O/c1-2-4-29-28(3-1)31-30(32-29)27-11-9-26(10-12-27)25-7-5-24(6-8-25)23-35-17-15-33(16-18-35)13-14-34-19-21-36-22-20-34/h1-12H,13-23H2,(H,31,32). The average Bonchev–Trinajstić information content (AvgIpc) is 3.38. The minimum Gasteiger partial charge on any atom is -0.379 e. The van der Waals surface area contributed by atoms with Crippen molar-refractivity contribution in [3.63, 3.8) is 0 Å². The first kappa shape index (κ1) is 23.4. The number of benzene rings is 3. The number of H-pyrrole nitrogens is 1. The molecule has 0 radical (unpaired) electrons. The summed E-state index contributed by atoms with van der Waals surface area (Å²) < 4.78 is 5.46. The third-order valence-corrected chi connectivity index (χ3v) is 7.54. The van der Waals surface area contributed by atoms with Crippen LogP contribution in [0.3, 0.4) is 0 Å². The predicted molar refractivity (Wildman–Crippen MR) is 146 cm³/mol. The number of imidazole rings is 1. The molecule has 0 spiro atoms. The van der Waals surface area contributed by atoms with E-state index in [0.29, 0.717) is 0 Å². The third-order valence-electron chi connectivity index (χ3n) is 7.54. The molecule has 0 bridgehead atoms. The molecule has 2 aliphatic rings.